The zero-order chi connectivity index (χ0) is 23.4. The molecule has 1 aliphatic rings. The Labute approximate surface area is 187 Å². The molecule has 1 aromatic carbocycles. The monoisotopic (exact) mass is 442 g/mol. The van der Waals surface area contributed by atoms with Crippen LogP contribution in [0.5, 0.6) is 0 Å². The van der Waals surface area contributed by atoms with Crippen LogP contribution in [0.4, 0.5) is 4.79 Å². The summed E-state index contributed by atoms with van der Waals surface area (Å²) in [6.45, 7) is 8.14. The van der Waals surface area contributed by atoms with Crippen molar-refractivity contribution in [3.8, 4) is 0 Å². The summed E-state index contributed by atoms with van der Waals surface area (Å²) in [6, 6.07) is 9.28. The Morgan fingerprint density at radius 1 is 1.22 bits per heavy atom. The molecule has 0 spiro atoms. The molecule has 8 nitrogen and oxygen atoms in total. The molecular formula is C24H30N2O6. The molecule has 3 rings (SSSR count). The van der Waals surface area contributed by atoms with Crippen LogP contribution in [-0.4, -0.2) is 55.2 Å². The summed E-state index contributed by atoms with van der Waals surface area (Å²) in [5, 5.41) is 3.76. The summed E-state index contributed by atoms with van der Waals surface area (Å²) in [6.07, 6.45) is 2.96. The number of amides is 1. The van der Waals surface area contributed by atoms with E-state index in [0.717, 1.165) is 16.5 Å². The Morgan fingerprint density at radius 2 is 1.97 bits per heavy atom. The van der Waals surface area contributed by atoms with Crippen LogP contribution in [0.2, 0.25) is 0 Å². The molecule has 2 heterocycles. The third-order valence-electron chi connectivity index (χ3n) is 4.89. The van der Waals surface area contributed by atoms with Crippen LogP contribution in [0, 0.1) is 0 Å². The summed E-state index contributed by atoms with van der Waals surface area (Å²) in [5.74, 6) is -0.503. The second kappa shape index (κ2) is 9.67. The van der Waals surface area contributed by atoms with E-state index < -0.39 is 23.3 Å². The van der Waals surface area contributed by atoms with E-state index in [9.17, 15) is 9.59 Å². The number of esters is 1. The third-order valence-corrected chi connectivity index (χ3v) is 4.89. The minimum absolute atomic E-state index is 0.0972. The Kier molecular flexibility index (Phi) is 7.16. The van der Waals surface area contributed by atoms with Crippen molar-refractivity contribution in [2.75, 3.05) is 26.9 Å². The van der Waals surface area contributed by atoms with Gasteiger partial charge >= 0.3 is 12.1 Å². The van der Waals surface area contributed by atoms with E-state index in [1.165, 1.54) is 7.11 Å². The van der Waals surface area contributed by atoms with Gasteiger partial charge in [0.1, 0.15) is 5.60 Å². The smallest absolute Gasteiger partial charge is 0.408 e. The highest BCUT2D eigenvalue weighted by molar-refractivity contribution is 5.85. The first-order valence-corrected chi connectivity index (χ1v) is 10.5. The number of nitrogens with one attached hydrogen (secondary N) is 1. The lowest BCUT2D eigenvalue weighted by atomic mass is 10.0. The molecule has 0 aliphatic carbocycles. The highest BCUT2D eigenvalue weighted by Gasteiger charge is 2.41. The van der Waals surface area contributed by atoms with Crippen molar-refractivity contribution < 1.29 is 28.5 Å². The van der Waals surface area contributed by atoms with Crippen LogP contribution in [-0.2, 0) is 23.7 Å². The number of nitrogens with zero attached hydrogens (tertiary/aromatic N) is 1. The van der Waals surface area contributed by atoms with Crippen molar-refractivity contribution in [2.24, 2.45) is 0 Å². The molecular weight excluding hydrogens is 412 g/mol. The number of hydrogen-bond acceptors (Lipinski definition) is 7. The van der Waals surface area contributed by atoms with Gasteiger partial charge in [-0.05, 0) is 51.5 Å². The lowest BCUT2D eigenvalue weighted by molar-refractivity contribution is -0.184. The number of ether oxygens (including phenoxy) is 4. The Morgan fingerprint density at radius 3 is 2.62 bits per heavy atom. The molecule has 8 heteroatoms. The van der Waals surface area contributed by atoms with Crippen LogP contribution in [0.1, 0.15) is 45.0 Å². The fourth-order valence-electron chi connectivity index (χ4n) is 3.29. The summed E-state index contributed by atoms with van der Waals surface area (Å²) in [7, 11) is 1.32. The number of fused-ring (bicyclic) bond motifs is 1. The van der Waals surface area contributed by atoms with E-state index >= 15 is 0 Å². The van der Waals surface area contributed by atoms with Gasteiger partial charge < -0.3 is 24.3 Å². The number of benzene rings is 1. The van der Waals surface area contributed by atoms with Gasteiger partial charge in [0.25, 0.3) is 0 Å². The van der Waals surface area contributed by atoms with Crippen molar-refractivity contribution in [1.29, 1.82) is 0 Å². The number of carbonyl (C=O) groups excluding carboxylic acids is 2. The molecule has 1 aromatic heterocycles. The maximum absolute atomic E-state index is 12.3. The van der Waals surface area contributed by atoms with Gasteiger partial charge in [0.05, 0.1) is 44.2 Å². The van der Waals surface area contributed by atoms with Gasteiger partial charge in [0.15, 0.2) is 0 Å². The minimum atomic E-state index is -1.26. The topological polar surface area (TPSA) is 96.0 Å². The van der Waals surface area contributed by atoms with Gasteiger partial charge in [-0.15, -0.1) is 0 Å². The fourth-order valence-corrected chi connectivity index (χ4v) is 3.29. The molecule has 2 aromatic rings. The largest absolute Gasteiger partial charge is 0.467 e. The fraction of sp³-hybridized carbons (Fsp3) is 0.458. The standard InChI is InChI=1S/C24H30N2O6/c1-16(25-22(28)32-23(2,3)4)19-9-8-18-7-6-17(14-20(18)26-19)10-11-24(21(27)29-5)15-30-12-13-31-24/h6-11,14,16H,12-13,15H2,1-5H3,(H,25,28)/t16-,24?/m1/s1. The van der Waals surface area contributed by atoms with Gasteiger partial charge in [-0.25, -0.2) is 9.59 Å². The summed E-state index contributed by atoms with van der Waals surface area (Å²) in [5.41, 5.74) is 0.474. The zero-order valence-electron chi connectivity index (χ0n) is 19.1. The van der Waals surface area contributed by atoms with Gasteiger partial charge in [0, 0.05) is 5.39 Å². The van der Waals surface area contributed by atoms with Crippen molar-refractivity contribution >= 4 is 29.0 Å². The second-order valence-corrected chi connectivity index (χ2v) is 8.67. The molecule has 1 unspecified atom stereocenters. The van der Waals surface area contributed by atoms with Crippen LogP contribution in [0.15, 0.2) is 36.4 Å². The maximum Gasteiger partial charge on any atom is 0.408 e. The van der Waals surface area contributed by atoms with Crippen molar-refractivity contribution in [3.05, 3.63) is 47.7 Å². The van der Waals surface area contributed by atoms with E-state index in [1.54, 1.807) is 12.2 Å². The number of hydrogen-bond donors (Lipinski definition) is 1. The molecule has 2 atom stereocenters. The number of methoxy groups -OCH3 is 1. The molecule has 1 aliphatic heterocycles. The molecule has 32 heavy (non-hydrogen) atoms. The van der Waals surface area contributed by atoms with E-state index in [-0.39, 0.29) is 12.6 Å². The van der Waals surface area contributed by atoms with Gasteiger partial charge in [-0.3, -0.25) is 4.98 Å². The highest BCUT2D eigenvalue weighted by Crippen LogP contribution is 2.23. The van der Waals surface area contributed by atoms with Crippen molar-refractivity contribution in [3.63, 3.8) is 0 Å². The quantitative estimate of drug-likeness (QED) is 0.704. The van der Waals surface area contributed by atoms with Crippen LogP contribution >= 0.6 is 0 Å². The Balaban J connectivity index is 1.81. The number of aromatic nitrogens is 1. The average Bonchev–Trinajstić information content (AvgIpc) is 2.75. The van der Waals surface area contributed by atoms with Crippen LogP contribution < -0.4 is 5.32 Å². The zero-order valence-corrected chi connectivity index (χ0v) is 19.1. The van der Waals surface area contributed by atoms with E-state index in [4.69, 9.17) is 23.9 Å². The number of pyridine rings is 1. The Hall–Kier alpha value is -2.97. The SMILES string of the molecule is COC(=O)C1(C=Cc2ccc3ccc([C@@H](C)NC(=O)OC(C)(C)C)nc3c2)COCCO1. The average molecular weight is 443 g/mol. The van der Waals surface area contributed by atoms with Crippen LogP contribution in [0.25, 0.3) is 17.0 Å². The Bertz CT molecular complexity index is 1010. The van der Waals surface area contributed by atoms with Gasteiger partial charge in [-0.1, -0.05) is 24.3 Å². The molecule has 1 N–H and O–H groups in total. The first-order valence-electron chi connectivity index (χ1n) is 10.5. The van der Waals surface area contributed by atoms with Crippen molar-refractivity contribution in [1.82, 2.24) is 10.3 Å². The molecule has 1 fully saturated rings. The summed E-state index contributed by atoms with van der Waals surface area (Å²) >= 11 is 0. The molecule has 0 saturated carbocycles. The second-order valence-electron chi connectivity index (χ2n) is 8.67. The van der Waals surface area contributed by atoms with Gasteiger partial charge in [-0.2, -0.15) is 0 Å². The number of rotatable bonds is 5. The summed E-state index contributed by atoms with van der Waals surface area (Å²) < 4.78 is 21.4. The predicted molar refractivity (Wildman–Crippen MR) is 120 cm³/mol. The van der Waals surface area contributed by atoms with Crippen molar-refractivity contribution in [2.45, 2.75) is 44.9 Å². The normalized spacial score (nSPS) is 20.2. The molecule has 1 saturated heterocycles. The molecule has 172 valence electrons. The first kappa shape index (κ1) is 23.7. The van der Waals surface area contributed by atoms with E-state index in [1.807, 2.05) is 58.0 Å². The molecule has 0 radical (unpaired) electrons. The van der Waals surface area contributed by atoms with Crippen LogP contribution in [0.3, 0.4) is 0 Å². The minimum Gasteiger partial charge on any atom is -0.467 e. The van der Waals surface area contributed by atoms with E-state index in [0.29, 0.717) is 18.9 Å². The molecule has 1 amide bonds. The lowest BCUT2D eigenvalue weighted by Gasteiger charge is -2.31. The molecule has 0 bridgehead atoms. The summed E-state index contributed by atoms with van der Waals surface area (Å²) in [4.78, 5) is 29.1. The number of alkyl carbamates (subject to hydrolysis) is 1. The van der Waals surface area contributed by atoms with Gasteiger partial charge in [0.2, 0.25) is 5.60 Å². The highest BCUT2D eigenvalue weighted by atomic mass is 16.6. The number of carbonyl (C=O) groups is 2. The maximum atomic E-state index is 12.3. The third kappa shape index (κ3) is 5.83. The predicted octanol–water partition coefficient (Wildman–Crippen LogP) is 3.79. The first-order chi connectivity index (χ1) is 15.1. The van der Waals surface area contributed by atoms with E-state index in [2.05, 4.69) is 5.32 Å². The lowest BCUT2D eigenvalue weighted by Crippen LogP contribution is -2.49.